The number of benzene rings is 2. The summed E-state index contributed by atoms with van der Waals surface area (Å²) in [5.41, 5.74) is 2.42. The number of halogens is 1. The van der Waals surface area contributed by atoms with Crippen LogP contribution < -0.4 is 19.7 Å². The molecule has 0 saturated heterocycles. The molecule has 6 nitrogen and oxygen atoms in total. The van der Waals surface area contributed by atoms with Crippen LogP contribution in [0, 0.1) is 6.92 Å². The van der Waals surface area contributed by atoms with Crippen LogP contribution in [0.1, 0.15) is 10.4 Å². The van der Waals surface area contributed by atoms with Gasteiger partial charge in [-0.25, -0.2) is 4.90 Å². The Bertz CT molecular complexity index is 1220. The molecule has 0 fully saturated rings. The van der Waals surface area contributed by atoms with Crippen LogP contribution in [0.5, 0.6) is 11.5 Å². The predicted octanol–water partition coefficient (Wildman–Crippen LogP) is 4.84. The molecule has 3 heterocycles. The van der Waals surface area contributed by atoms with Crippen LogP contribution in [0.3, 0.4) is 0 Å². The van der Waals surface area contributed by atoms with Crippen molar-refractivity contribution in [2.24, 2.45) is 0 Å². The average molecular weight is 439 g/mol. The van der Waals surface area contributed by atoms with E-state index in [4.69, 9.17) is 21.1 Å². The van der Waals surface area contributed by atoms with Gasteiger partial charge in [0.15, 0.2) is 11.5 Å². The van der Waals surface area contributed by atoms with Crippen LogP contribution in [0.2, 0.25) is 5.02 Å². The van der Waals surface area contributed by atoms with E-state index < -0.39 is 5.91 Å². The Morgan fingerprint density at radius 1 is 1.03 bits per heavy atom. The zero-order valence-corrected chi connectivity index (χ0v) is 17.3. The van der Waals surface area contributed by atoms with Crippen molar-refractivity contribution in [3.05, 3.63) is 75.1 Å². The molecule has 2 aliphatic heterocycles. The number of imide groups is 1. The van der Waals surface area contributed by atoms with Gasteiger partial charge in [0.1, 0.15) is 5.70 Å². The van der Waals surface area contributed by atoms with Gasteiger partial charge in [-0.1, -0.05) is 17.7 Å². The zero-order valence-electron chi connectivity index (χ0n) is 15.8. The number of nitrogens with zero attached hydrogens (tertiary/aromatic N) is 1. The van der Waals surface area contributed by atoms with Crippen molar-refractivity contribution in [3.8, 4) is 11.5 Å². The van der Waals surface area contributed by atoms with Crippen molar-refractivity contribution >= 4 is 51.7 Å². The summed E-state index contributed by atoms with van der Waals surface area (Å²) in [6.45, 7) is 1.97. The van der Waals surface area contributed by atoms with Crippen molar-refractivity contribution in [2.45, 2.75) is 6.92 Å². The molecule has 2 aliphatic rings. The van der Waals surface area contributed by atoms with Gasteiger partial charge in [0, 0.05) is 21.7 Å². The molecule has 150 valence electrons. The third-order valence-electron chi connectivity index (χ3n) is 4.89. The van der Waals surface area contributed by atoms with E-state index in [2.05, 4.69) is 5.32 Å². The molecule has 2 amide bonds. The largest absolute Gasteiger partial charge is 0.454 e. The molecule has 0 unspecified atom stereocenters. The van der Waals surface area contributed by atoms with Crippen molar-refractivity contribution in [1.29, 1.82) is 0 Å². The van der Waals surface area contributed by atoms with E-state index in [1.165, 1.54) is 16.2 Å². The minimum atomic E-state index is -0.425. The molecule has 3 aromatic rings. The fraction of sp³-hybridized carbons (Fsp3) is 0.0909. The Hall–Kier alpha value is -3.29. The number of thiophene rings is 1. The SMILES string of the molecule is Cc1cc(Cl)ccc1N1C(=O)C(Nc2ccc3c(c2)OCO3)=C(c2cccs2)C1=O. The Balaban J connectivity index is 1.58. The highest BCUT2D eigenvalue weighted by molar-refractivity contribution is 7.11. The van der Waals surface area contributed by atoms with Crippen LogP contribution in [0.15, 0.2) is 59.6 Å². The number of nitrogens with one attached hydrogen (secondary N) is 1. The molecule has 1 N–H and O–H groups in total. The second-order valence-electron chi connectivity index (χ2n) is 6.80. The maximum absolute atomic E-state index is 13.4. The third kappa shape index (κ3) is 3.03. The smallest absolute Gasteiger partial charge is 0.282 e. The normalized spacial score (nSPS) is 15.3. The summed E-state index contributed by atoms with van der Waals surface area (Å²) >= 11 is 7.46. The van der Waals surface area contributed by atoms with Gasteiger partial charge in [0.2, 0.25) is 6.79 Å². The predicted molar refractivity (Wildman–Crippen MR) is 116 cm³/mol. The Morgan fingerprint density at radius 3 is 2.63 bits per heavy atom. The first-order valence-electron chi connectivity index (χ1n) is 9.12. The van der Waals surface area contributed by atoms with E-state index in [0.29, 0.717) is 38.3 Å². The lowest BCUT2D eigenvalue weighted by Gasteiger charge is -2.18. The van der Waals surface area contributed by atoms with Crippen molar-refractivity contribution in [1.82, 2.24) is 0 Å². The highest BCUT2D eigenvalue weighted by atomic mass is 35.5. The van der Waals surface area contributed by atoms with Crippen LogP contribution in [-0.4, -0.2) is 18.6 Å². The number of hydrogen-bond acceptors (Lipinski definition) is 6. The van der Waals surface area contributed by atoms with E-state index in [0.717, 1.165) is 5.56 Å². The standard InChI is InChI=1S/C22H15ClN2O4S/c1-12-9-13(23)4-6-15(12)25-21(26)19(18-3-2-8-30-18)20(22(25)27)24-14-5-7-16-17(10-14)29-11-28-16/h2-10,24H,11H2,1H3. The molecule has 5 rings (SSSR count). The molecule has 0 aliphatic carbocycles. The van der Waals surface area contributed by atoms with Gasteiger partial charge in [0.25, 0.3) is 11.8 Å². The van der Waals surface area contributed by atoms with Crippen molar-refractivity contribution < 1.29 is 19.1 Å². The highest BCUT2D eigenvalue weighted by Gasteiger charge is 2.41. The van der Waals surface area contributed by atoms with Gasteiger partial charge in [-0.2, -0.15) is 0 Å². The zero-order chi connectivity index (χ0) is 20.8. The first-order chi connectivity index (χ1) is 14.5. The van der Waals surface area contributed by atoms with Gasteiger partial charge >= 0.3 is 0 Å². The molecule has 0 saturated carbocycles. The van der Waals surface area contributed by atoms with Crippen LogP contribution in [0.25, 0.3) is 5.57 Å². The number of carbonyl (C=O) groups is 2. The summed E-state index contributed by atoms with van der Waals surface area (Å²) in [5, 5.41) is 5.54. The second-order valence-corrected chi connectivity index (χ2v) is 8.18. The van der Waals surface area contributed by atoms with Gasteiger partial charge < -0.3 is 14.8 Å². The number of ether oxygens (including phenoxy) is 2. The molecule has 0 spiro atoms. The lowest BCUT2D eigenvalue weighted by atomic mass is 10.1. The Morgan fingerprint density at radius 2 is 1.87 bits per heavy atom. The first-order valence-corrected chi connectivity index (χ1v) is 10.4. The van der Waals surface area contributed by atoms with E-state index in [9.17, 15) is 9.59 Å². The molecular weight excluding hydrogens is 424 g/mol. The van der Waals surface area contributed by atoms with Gasteiger partial charge in [-0.15, -0.1) is 11.3 Å². The summed E-state index contributed by atoms with van der Waals surface area (Å²) in [5.74, 6) is 0.420. The summed E-state index contributed by atoms with van der Waals surface area (Å²) in [6.07, 6.45) is 0. The van der Waals surface area contributed by atoms with Crippen LogP contribution >= 0.6 is 22.9 Å². The number of amides is 2. The van der Waals surface area contributed by atoms with E-state index >= 15 is 0 Å². The van der Waals surface area contributed by atoms with E-state index in [1.54, 1.807) is 36.4 Å². The molecule has 0 bridgehead atoms. The topological polar surface area (TPSA) is 67.9 Å². The van der Waals surface area contributed by atoms with E-state index in [-0.39, 0.29) is 18.4 Å². The number of aryl methyl sites for hydroxylation is 1. The second kappa shape index (κ2) is 7.19. The molecule has 0 radical (unpaired) electrons. The Labute approximate surface area is 181 Å². The number of rotatable bonds is 4. The number of carbonyl (C=O) groups excluding carboxylic acids is 2. The molecular formula is C22H15ClN2O4S. The summed E-state index contributed by atoms with van der Waals surface area (Å²) in [4.78, 5) is 28.7. The van der Waals surface area contributed by atoms with Gasteiger partial charge in [-0.05, 0) is 54.3 Å². The molecule has 1 aromatic heterocycles. The van der Waals surface area contributed by atoms with E-state index in [1.807, 2.05) is 24.4 Å². The van der Waals surface area contributed by atoms with Crippen molar-refractivity contribution in [3.63, 3.8) is 0 Å². The van der Waals surface area contributed by atoms with Gasteiger partial charge in [0.05, 0.1) is 11.3 Å². The monoisotopic (exact) mass is 438 g/mol. The Kier molecular flexibility index (Phi) is 4.49. The quantitative estimate of drug-likeness (QED) is 0.590. The summed E-state index contributed by atoms with van der Waals surface area (Å²) in [7, 11) is 0. The van der Waals surface area contributed by atoms with Crippen LogP contribution in [-0.2, 0) is 9.59 Å². The first kappa shape index (κ1) is 18.7. The summed E-state index contributed by atoms with van der Waals surface area (Å²) < 4.78 is 10.8. The fourth-order valence-corrected chi connectivity index (χ4v) is 4.50. The molecule has 2 aromatic carbocycles. The lowest BCUT2D eigenvalue weighted by Crippen LogP contribution is -2.32. The average Bonchev–Trinajstić information content (AvgIpc) is 3.44. The maximum atomic E-state index is 13.4. The number of anilines is 2. The fourth-order valence-electron chi connectivity index (χ4n) is 3.50. The lowest BCUT2D eigenvalue weighted by molar-refractivity contribution is -0.120. The minimum absolute atomic E-state index is 0.156. The number of hydrogen-bond donors (Lipinski definition) is 1. The van der Waals surface area contributed by atoms with Gasteiger partial charge in [-0.3, -0.25) is 9.59 Å². The molecule has 8 heteroatoms. The minimum Gasteiger partial charge on any atom is -0.454 e. The number of fused-ring (bicyclic) bond motifs is 1. The third-order valence-corrected chi connectivity index (χ3v) is 6.02. The summed E-state index contributed by atoms with van der Waals surface area (Å²) in [6, 6.07) is 14.0. The molecule has 0 atom stereocenters. The van der Waals surface area contributed by atoms with Crippen LogP contribution in [0.4, 0.5) is 11.4 Å². The highest BCUT2D eigenvalue weighted by Crippen LogP contribution is 2.39. The maximum Gasteiger partial charge on any atom is 0.282 e. The van der Waals surface area contributed by atoms with Crippen molar-refractivity contribution in [2.75, 3.05) is 17.0 Å². The molecule has 30 heavy (non-hydrogen) atoms.